The molecule has 6 nitrogen and oxygen atoms in total. The van der Waals surface area contributed by atoms with Crippen molar-refractivity contribution in [1.29, 1.82) is 0 Å². The maximum Gasteiger partial charge on any atom is 0.338 e. The second-order valence-corrected chi connectivity index (χ2v) is 5.75. The van der Waals surface area contributed by atoms with Gasteiger partial charge in [-0.15, -0.1) is 0 Å². The van der Waals surface area contributed by atoms with E-state index in [1.54, 1.807) is 42.5 Å². The number of amides is 1. The third kappa shape index (κ3) is 5.67. The highest BCUT2D eigenvalue weighted by atomic mass is 35.5. The van der Waals surface area contributed by atoms with E-state index in [0.29, 0.717) is 34.4 Å². The number of halogens is 1. The molecule has 26 heavy (non-hydrogen) atoms. The smallest absolute Gasteiger partial charge is 0.338 e. The Kier molecular flexibility index (Phi) is 7.29. The molecule has 2 aromatic carbocycles. The third-order valence-electron chi connectivity index (χ3n) is 3.33. The number of carbonyl (C=O) groups excluding carboxylic acids is 2. The van der Waals surface area contributed by atoms with Crippen LogP contribution in [0.5, 0.6) is 11.5 Å². The highest BCUT2D eigenvalue weighted by Crippen LogP contribution is 2.27. The highest BCUT2D eigenvalue weighted by Gasteiger charge is 2.11. The SMILES string of the molecule is CCCOc1ccc(C(=O)OCC(=O)Nc2ccc(OC)c(Cl)c2)cc1. The van der Waals surface area contributed by atoms with Gasteiger partial charge in [-0.2, -0.15) is 0 Å². The van der Waals surface area contributed by atoms with Crippen molar-refractivity contribution in [2.75, 3.05) is 25.6 Å². The molecule has 0 bridgehead atoms. The van der Waals surface area contributed by atoms with Crippen molar-refractivity contribution in [3.8, 4) is 11.5 Å². The van der Waals surface area contributed by atoms with Gasteiger partial charge >= 0.3 is 5.97 Å². The van der Waals surface area contributed by atoms with Crippen LogP contribution >= 0.6 is 11.6 Å². The molecule has 0 saturated carbocycles. The van der Waals surface area contributed by atoms with E-state index in [2.05, 4.69) is 5.32 Å². The van der Waals surface area contributed by atoms with E-state index in [-0.39, 0.29) is 0 Å². The van der Waals surface area contributed by atoms with Crippen LogP contribution in [0, 0.1) is 0 Å². The summed E-state index contributed by atoms with van der Waals surface area (Å²) in [7, 11) is 1.50. The van der Waals surface area contributed by atoms with Gasteiger partial charge in [0.25, 0.3) is 5.91 Å². The van der Waals surface area contributed by atoms with Crippen molar-refractivity contribution in [2.45, 2.75) is 13.3 Å². The van der Waals surface area contributed by atoms with Crippen molar-refractivity contribution in [3.05, 3.63) is 53.1 Å². The first-order chi connectivity index (χ1) is 12.5. The normalized spacial score (nSPS) is 10.1. The molecule has 1 N–H and O–H groups in total. The second-order valence-electron chi connectivity index (χ2n) is 5.35. The Morgan fingerprint density at radius 3 is 2.46 bits per heavy atom. The van der Waals surface area contributed by atoms with Gasteiger partial charge < -0.3 is 19.5 Å². The Morgan fingerprint density at radius 1 is 1.12 bits per heavy atom. The monoisotopic (exact) mass is 377 g/mol. The molecule has 0 heterocycles. The maximum atomic E-state index is 12.0. The van der Waals surface area contributed by atoms with Crippen LogP contribution in [0.1, 0.15) is 23.7 Å². The number of ether oxygens (including phenoxy) is 3. The minimum absolute atomic E-state index is 0.342. The summed E-state index contributed by atoms with van der Waals surface area (Å²) < 4.78 is 15.5. The molecule has 0 unspecified atom stereocenters. The molecule has 1 amide bonds. The number of nitrogens with one attached hydrogen (secondary N) is 1. The molecular weight excluding hydrogens is 358 g/mol. The number of hydrogen-bond acceptors (Lipinski definition) is 5. The Balaban J connectivity index is 1.84. The fraction of sp³-hybridized carbons (Fsp3) is 0.263. The predicted octanol–water partition coefficient (Wildman–Crippen LogP) is 3.93. The van der Waals surface area contributed by atoms with Crippen LogP contribution in [0.4, 0.5) is 5.69 Å². The zero-order valence-corrected chi connectivity index (χ0v) is 15.3. The summed E-state index contributed by atoms with van der Waals surface area (Å²) in [6.45, 7) is 2.21. The first-order valence-electron chi connectivity index (χ1n) is 8.07. The molecule has 0 aliphatic carbocycles. The van der Waals surface area contributed by atoms with Crippen LogP contribution in [0.25, 0.3) is 0 Å². The topological polar surface area (TPSA) is 73.9 Å². The van der Waals surface area contributed by atoms with Crippen molar-refractivity contribution < 1.29 is 23.8 Å². The molecule has 138 valence electrons. The van der Waals surface area contributed by atoms with E-state index in [4.69, 9.17) is 25.8 Å². The lowest BCUT2D eigenvalue weighted by Crippen LogP contribution is -2.20. The Morgan fingerprint density at radius 2 is 1.85 bits per heavy atom. The zero-order chi connectivity index (χ0) is 18.9. The standard InChI is InChI=1S/C19H20ClNO5/c1-3-10-25-15-7-4-13(5-8-15)19(23)26-12-18(22)21-14-6-9-17(24-2)16(20)11-14/h4-9,11H,3,10,12H2,1-2H3,(H,21,22). The first kappa shape index (κ1) is 19.6. The summed E-state index contributed by atoms with van der Waals surface area (Å²) >= 11 is 5.99. The van der Waals surface area contributed by atoms with Gasteiger partial charge in [-0.1, -0.05) is 18.5 Å². The fourth-order valence-electron chi connectivity index (χ4n) is 2.06. The van der Waals surface area contributed by atoms with Gasteiger partial charge in [0.05, 0.1) is 24.3 Å². The van der Waals surface area contributed by atoms with Crippen LogP contribution < -0.4 is 14.8 Å². The van der Waals surface area contributed by atoms with Crippen molar-refractivity contribution in [3.63, 3.8) is 0 Å². The summed E-state index contributed by atoms with van der Waals surface area (Å²) in [5.74, 6) is 0.123. The van der Waals surface area contributed by atoms with Crippen LogP contribution in [0.3, 0.4) is 0 Å². The van der Waals surface area contributed by atoms with Crippen LogP contribution in [0.15, 0.2) is 42.5 Å². The molecular formula is C19H20ClNO5. The van der Waals surface area contributed by atoms with Crippen molar-refractivity contribution in [2.24, 2.45) is 0 Å². The van der Waals surface area contributed by atoms with Gasteiger partial charge in [0, 0.05) is 5.69 Å². The van der Waals surface area contributed by atoms with E-state index >= 15 is 0 Å². The van der Waals surface area contributed by atoms with Gasteiger partial charge in [0.15, 0.2) is 6.61 Å². The third-order valence-corrected chi connectivity index (χ3v) is 3.63. The fourth-order valence-corrected chi connectivity index (χ4v) is 2.32. The number of benzene rings is 2. The lowest BCUT2D eigenvalue weighted by Gasteiger charge is -2.09. The van der Waals surface area contributed by atoms with E-state index < -0.39 is 18.5 Å². The molecule has 0 atom stereocenters. The van der Waals surface area contributed by atoms with Gasteiger partial charge in [0.1, 0.15) is 11.5 Å². The van der Waals surface area contributed by atoms with Gasteiger partial charge in [-0.05, 0) is 48.9 Å². The van der Waals surface area contributed by atoms with Crippen LogP contribution in [-0.2, 0) is 9.53 Å². The molecule has 0 radical (unpaired) electrons. The number of hydrogen-bond donors (Lipinski definition) is 1. The Hall–Kier alpha value is -2.73. The van der Waals surface area contributed by atoms with Crippen LogP contribution in [-0.4, -0.2) is 32.2 Å². The number of rotatable bonds is 8. The molecule has 0 saturated heterocycles. The number of carbonyl (C=O) groups is 2. The molecule has 0 fully saturated rings. The molecule has 0 aliphatic rings. The van der Waals surface area contributed by atoms with Gasteiger partial charge in [0.2, 0.25) is 0 Å². The summed E-state index contributed by atoms with van der Waals surface area (Å²) in [5, 5.41) is 2.97. The average Bonchev–Trinajstić information content (AvgIpc) is 2.65. The number of anilines is 1. The second kappa shape index (κ2) is 9.68. The highest BCUT2D eigenvalue weighted by molar-refractivity contribution is 6.32. The van der Waals surface area contributed by atoms with Crippen molar-refractivity contribution in [1.82, 2.24) is 0 Å². The summed E-state index contributed by atoms with van der Waals surface area (Å²) in [6, 6.07) is 11.4. The van der Waals surface area contributed by atoms with Crippen LogP contribution in [0.2, 0.25) is 5.02 Å². The first-order valence-corrected chi connectivity index (χ1v) is 8.44. The van der Waals surface area contributed by atoms with E-state index in [9.17, 15) is 9.59 Å². The molecule has 2 rings (SSSR count). The van der Waals surface area contributed by atoms with E-state index in [1.807, 2.05) is 6.92 Å². The lowest BCUT2D eigenvalue weighted by atomic mass is 10.2. The van der Waals surface area contributed by atoms with Crippen molar-refractivity contribution >= 4 is 29.2 Å². The average molecular weight is 378 g/mol. The Labute approximate surface area is 157 Å². The molecule has 0 aliphatic heterocycles. The minimum atomic E-state index is -0.588. The van der Waals surface area contributed by atoms with Gasteiger partial charge in [-0.25, -0.2) is 4.79 Å². The lowest BCUT2D eigenvalue weighted by molar-refractivity contribution is -0.119. The summed E-state index contributed by atoms with van der Waals surface area (Å²) in [4.78, 5) is 23.9. The summed E-state index contributed by atoms with van der Waals surface area (Å²) in [6.07, 6.45) is 0.901. The zero-order valence-electron chi connectivity index (χ0n) is 14.6. The summed E-state index contributed by atoms with van der Waals surface area (Å²) in [5.41, 5.74) is 0.823. The minimum Gasteiger partial charge on any atom is -0.495 e. The van der Waals surface area contributed by atoms with Gasteiger partial charge in [-0.3, -0.25) is 4.79 Å². The molecule has 2 aromatic rings. The predicted molar refractivity (Wildman–Crippen MR) is 99.1 cm³/mol. The number of esters is 1. The van der Waals surface area contributed by atoms with E-state index in [0.717, 1.165) is 6.42 Å². The molecule has 0 spiro atoms. The molecule has 0 aromatic heterocycles. The maximum absolute atomic E-state index is 12.0. The largest absolute Gasteiger partial charge is 0.495 e. The Bertz CT molecular complexity index is 761. The quantitative estimate of drug-likeness (QED) is 0.705. The molecule has 7 heteroatoms. The van der Waals surface area contributed by atoms with E-state index in [1.165, 1.54) is 7.11 Å². The number of methoxy groups -OCH3 is 1.